The molecule has 0 rings (SSSR count). The molecule has 0 aliphatic carbocycles. The highest BCUT2D eigenvalue weighted by atomic mass is 16.3. The molecule has 0 aromatic carbocycles. The van der Waals surface area contributed by atoms with Crippen LogP contribution in [0, 0.1) is 0 Å². The largest absolute Gasteiger partial charge is 0.394 e. The van der Waals surface area contributed by atoms with Crippen molar-refractivity contribution in [3.63, 3.8) is 0 Å². The summed E-state index contributed by atoms with van der Waals surface area (Å²) in [5.74, 6) is -0.170. The van der Waals surface area contributed by atoms with Gasteiger partial charge in [-0.05, 0) is 77.0 Å². The van der Waals surface area contributed by atoms with Crippen LogP contribution in [0.25, 0.3) is 0 Å². The third-order valence-corrected chi connectivity index (χ3v) is 9.44. The second-order valence-corrected chi connectivity index (χ2v) is 14.2. The number of aliphatic hydroxyl groups excluding tert-OH is 3. The van der Waals surface area contributed by atoms with E-state index in [1.54, 1.807) is 0 Å². The van der Waals surface area contributed by atoms with Crippen molar-refractivity contribution in [1.82, 2.24) is 5.32 Å². The van der Waals surface area contributed by atoms with Crippen molar-refractivity contribution in [2.45, 2.75) is 225 Å². The Morgan fingerprint density at radius 3 is 1.31 bits per heavy atom. The lowest BCUT2D eigenvalue weighted by Gasteiger charge is -2.26. The predicted molar refractivity (Wildman–Crippen MR) is 208 cm³/mol. The first-order chi connectivity index (χ1) is 23.6. The number of unbranched alkanes of at least 4 members (excludes halogenated alkanes) is 23. The first-order valence-corrected chi connectivity index (χ1v) is 20.8. The fourth-order valence-electron chi connectivity index (χ4n) is 6.17. The minimum atomic E-state index is -1.17. The number of allylic oxidation sites excluding steroid dienone is 6. The Balaban J connectivity index is 3.71. The molecule has 0 aliphatic heterocycles. The van der Waals surface area contributed by atoms with Gasteiger partial charge < -0.3 is 20.6 Å². The molecule has 0 heterocycles. The highest BCUT2D eigenvalue weighted by Gasteiger charge is 2.26. The SMILES string of the molecule is CCCCC/C=C\CCCCCCCC(=O)NC(CO)C(O)C(O)CCC/C=C/CC/C=C/CCCCCCCCCCCCCCC. The predicted octanol–water partition coefficient (Wildman–Crippen LogP) is 11.6. The van der Waals surface area contributed by atoms with Crippen LogP contribution in [0.4, 0.5) is 0 Å². The molecule has 0 aromatic heterocycles. The zero-order valence-corrected chi connectivity index (χ0v) is 31.9. The van der Waals surface area contributed by atoms with Gasteiger partial charge in [0, 0.05) is 6.42 Å². The fraction of sp³-hybridized carbons (Fsp3) is 0.837. The maximum Gasteiger partial charge on any atom is 0.220 e. The van der Waals surface area contributed by atoms with E-state index < -0.39 is 18.2 Å². The Labute approximate surface area is 298 Å². The lowest BCUT2D eigenvalue weighted by atomic mass is 10.0. The summed E-state index contributed by atoms with van der Waals surface area (Å²) in [6.07, 6.45) is 46.8. The maximum absolute atomic E-state index is 12.3. The molecular weight excluding hydrogens is 594 g/mol. The number of hydrogen-bond donors (Lipinski definition) is 4. The third kappa shape index (κ3) is 33.1. The minimum Gasteiger partial charge on any atom is -0.394 e. The molecule has 4 N–H and O–H groups in total. The first kappa shape index (κ1) is 46.6. The van der Waals surface area contributed by atoms with Gasteiger partial charge in [-0.25, -0.2) is 0 Å². The van der Waals surface area contributed by atoms with E-state index in [4.69, 9.17) is 0 Å². The molecule has 0 aliphatic rings. The fourth-order valence-corrected chi connectivity index (χ4v) is 6.17. The molecule has 3 unspecified atom stereocenters. The zero-order chi connectivity index (χ0) is 35.2. The Hall–Kier alpha value is -1.43. The van der Waals surface area contributed by atoms with Gasteiger partial charge in [0.1, 0.15) is 6.10 Å². The van der Waals surface area contributed by atoms with E-state index in [0.29, 0.717) is 12.8 Å². The quantitative estimate of drug-likeness (QED) is 0.0390. The molecule has 5 nitrogen and oxygen atoms in total. The molecular formula is C43H81NO4. The van der Waals surface area contributed by atoms with Crippen LogP contribution < -0.4 is 5.32 Å². The third-order valence-electron chi connectivity index (χ3n) is 9.44. The van der Waals surface area contributed by atoms with Crippen LogP contribution in [0.5, 0.6) is 0 Å². The van der Waals surface area contributed by atoms with Crippen molar-refractivity contribution < 1.29 is 20.1 Å². The topological polar surface area (TPSA) is 89.8 Å². The number of amides is 1. The molecule has 5 heteroatoms. The molecule has 0 spiro atoms. The highest BCUT2D eigenvalue weighted by Crippen LogP contribution is 2.14. The van der Waals surface area contributed by atoms with Gasteiger partial charge in [0.25, 0.3) is 0 Å². The van der Waals surface area contributed by atoms with Crippen LogP contribution >= 0.6 is 0 Å². The molecule has 1 amide bonds. The van der Waals surface area contributed by atoms with Gasteiger partial charge in [-0.1, -0.05) is 159 Å². The summed E-state index contributed by atoms with van der Waals surface area (Å²) < 4.78 is 0. The Morgan fingerprint density at radius 2 is 0.854 bits per heavy atom. The van der Waals surface area contributed by atoms with Crippen LogP contribution in [0.15, 0.2) is 36.5 Å². The van der Waals surface area contributed by atoms with Crippen molar-refractivity contribution in [1.29, 1.82) is 0 Å². The molecule has 282 valence electrons. The van der Waals surface area contributed by atoms with E-state index in [9.17, 15) is 20.1 Å². The van der Waals surface area contributed by atoms with Crippen LogP contribution in [-0.2, 0) is 4.79 Å². The monoisotopic (exact) mass is 676 g/mol. The minimum absolute atomic E-state index is 0.170. The molecule has 0 bridgehead atoms. The van der Waals surface area contributed by atoms with Gasteiger partial charge in [0.2, 0.25) is 5.91 Å². The summed E-state index contributed by atoms with van der Waals surface area (Å²) >= 11 is 0. The smallest absolute Gasteiger partial charge is 0.220 e. The van der Waals surface area contributed by atoms with E-state index in [1.165, 1.54) is 128 Å². The molecule has 48 heavy (non-hydrogen) atoms. The summed E-state index contributed by atoms with van der Waals surface area (Å²) in [6.45, 7) is 4.13. The van der Waals surface area contributed by atoms with Gasteiger partial charge in [0.15, 0.2) is 0 Å². The van der Waals surface area contributed by atoms with Gasteiger partial charge in [-0.15, -0.1) is 0 Å². The molecule has 0 saturated heterocycles. The van der Waals surface area contributed by atoms with Crippen molar-refractivity contribution >= 4 is 5.91 Å². The average Bonchev–Trinajstić information content (AvgIpc) is 3.09. The summed E-state index contributed by atoms with van der Waals surface area (Å²) in [4.78, 5) is 12.3. The van der Waals surface area contributed by atoms with E-state index >= 15 is 0 Å². The maximum atomic E-state index is 12.3. The van der Waals surface area contributed by atoms with Crippen molar-refractivity contribution in [2.75, 3.05) is 6.61 Å². The number of rotatable bonds is 37. The van der Waals surface area contributed by atoms with Gasteiger partial charge in [-0.2, -0.15) is 0 Å². The van der Waals surface area contributed by atoms with E-state index in [2.05, 4.69) is 55.6 Å². The molecule has 0 fully saturated rings. The van der Waals surface area contributed by atoms with Crippen LogP contribution in [-0.4, -0.2) is 46.1 Å². The van der Waals surface area contributed by atoms with Crippen molar-refractivity contribution in [3.05, 3.63) is 36.5 Å². The summed E-state index contributed by atoms with van der Waals surface area (Å²) in [6, 6.07) is -0.835. The molecule has 0 aromatic rings. The summed E-state index contributed by atoms with van der Waals surface area (Å²) in [5, 5.41) is 33.4. The van der Waals surface area contributed by atoms with Crippen molar-refractivity contribution in [2.24, 2.45) is 0 Å². The number of nitrogens with one attached hydrogen (secondary N) is 1. The first-order valence-electron chi connectivity index (χ1n) is 20.8. The molecule has 0 radical (unpaired) electrons. The average molecular weight is 676 g/mol. The van der Waals surface area contributed by atoms with Crippen LogP contribution in [0.3, 0.4) is 0 Å². The Morgan fingerprint density at radius 1 is 0.500 bits per heavy atom. The van der Waals surface area contributed by atoms with E-state index in [-0.39, 0.29) is 12.5 Å². The molecule has 0 saturated carbocycles. The Kier molecular flexibility index (Phi) is 37.2. The lowest BCUT2D eigenvalue weighted by molar-refractivity contribution is -0.124. The normalized spacial score (nSPS) is 14.0. The number of carbonyl (C=O) groups excluding carboxylic acids is 1. The van der Waals surface area contributed by atoms with Crippen molar-refractivity contribution in [3.8, 4) is 0 Å². The standard InChI is InChI=1S/C43H81NO4/c1-3-5-7-9-11-13-15-17-18-19-20-21-22-23-24-25-26-27-29-31-33-35-37-41(46)43(48)40(39-45)44-42(47)38-36-34-32-30-28-16-14-12-10-8-6-4-2/h12,14,24-25,29,31,40-41,43,45-46,48H,3-11,13,15-23,26-28,30,32-39H2,1-2H3,(H,44,47)/b14-12-,25-24+,31-29+. The molecule has 3 atom stereocenters. The van der Waals surface area contributed by atoms with Gasteiger partial charge in [-0.3, -0.25) is 4.79 Å². The van der Waals surface area contributed by atoms with Crippen LogP contribution in [0.2, 0.25) is 0 Å². The number of hydrogen-bond acceptors (Lipinski definition) is 4. The lowest BCUT2D eigenvalue weighted by Crippen LogP contribution is -2.50. The zero-order valence-electron chi connectivity index (χ0n) is 31.9. The number of carbonyl (C=O) groups is 1. The van der Waals surface area contributed by atoms with E-state index in [1.807, 2.05) is 0 Å². The second-order valence-electron chi connectivity index (χ2n) is 14.2. The summed E-state index contributed by atoms with van der Waals surface area (Å²) in [5.41, 5.74) is 0. The highest BCUT2D eigenvalue weighted by molar-refractivity contribution is 5.76. The number of aliphatic hydroxyl groups is 3. The van der Waals surface area contributed by atoms with E-state index in [0.717, 1.165) is 51.4 Å². The van der Waals surface area contributed by atoms with Gasteiger partial charge in [0.05, 0.1) is 18.8 Å². The summed E-state index contributed by atoms with van der Waals surface area (Å²) in [7, 11) is 0. The van der Waals surface area contributed by atoms with Gasteiger partial charge >= 0.3 is 0 Å². The Bertz CT molecular complexity index is 749. The second kappa shape index (κ2) is 38.4. The van der Waals surface area contributed by atoms with Crippen LogP contribution in [0.1, 0.15) is 206 Å².